The predicted octanol–water partition coefficient (Wildman–Crippen LogP) is 6.06. The molecule has 0 saturated carbocycles. The summed E-state index contributed by atoms with van der Waals surface area (Å²) < 4.78 is 49.3. The minimum absolute atomic E-state index is 0.122. The molecule has 1 aliphatic rings. The number of carbonyl (C=O) groups is 1. The van der Waals surface area contributed by atoms with E-state index in [9.17, 15) is 13.2 Å². The molecule has 2 atom stereocenters. The third kappa shape index (κ3) is 9.69. The molecule has 1 heterocycles. The highest BCUT2D eigenvalue weighted by Crippen LogP contribution is 2.32. The maximum atomic E-state index is 10.6. The van der Waals surface area contributed by atoms with Gasteiger partial charge in [0, 0.05) is 38.2 Å². The van der Waals surface area contributed by atoms with Crippen molar-refractivity contribution in [1.82, 2.24) is 5.32 Å². The molecule has 0 radical (unpaired) electrons. The largest absolute Gasteiger partial charge is 0.493 e. The molecule has 1 aliphatic heterocycles. The molecule has 0 unspecified atom stereocenters. The van der Waals surface area contributed by atoms with Crippen molar-refractivity contribution in [2.45, 2.75) is 37.6 Å². The summed E-state index contributed by atoms with van der Waals surface area (Å²) in [6, 6.07) is 27.7. The average Bonchev–Trinajstić information content (AvgIpc) is 2.95. The van der Waals surface area contributed by atoms with E-state index >= 15 is 0 Å². The maximum absolute atomic E-state index is 10.6. The van der Waals surface area contributed by atoms with Crippen molar-refractivity contribution in [2.75, 3.05) is 33.4 Å². The normalized spacial score (nSPS) is 17.1. The van der Waals surface area contributed by atoms with Crippen LogP contribution >= 0.6 is 0 Å². The second-order valence-corrected chi connectivity index (χ2v) is 9.05. The zero-order valence-electron chi connectivity index (χ0n) is 21.8. The molecular formula is C30H34F3NO5. The molecule has 0 bridgehead atoms. The van der Waals surface area contributed by atoms with Crippen molar-refractivity contribution in [1.29, 1.82) is 0 Å². The summed E-state index contributed by atoms with van der Waals surface area (Å²) in [5.74, 6) is -1.49. The Balaban J connectivity index is 0.000000532. The Morgan fingerprint density at radius 1 is 0.974 bits per heavy atom. The molecule has 39 heavy (non-hydrogen) atoms. The number of nitrogens with one attached hydrogen (secondary N) is 1. The van der Waals surface area contributed by atoms with Crippen LogP contribution < -0.4 is 10.1 Å². The SMILES string of the molecule is COCCCOc1ccccc1CO[C@H]1CNCC[C@@H]1c1cccc(-c2ccccc2)c1.O=C(O)C(F)(F)F. The Kier molecular flexibility index (Phi) is 11.8. The first-order valence-corrected chi connectivity index (χ1v) is 12.8. The average molecular weight is 546 g/mol. The molecule has 6 nitrogen and oxygen atoms in total. The number of ether oxygens (including phenoxy) is 3. The number of hydrogen-bond acceptors (Lipinski definition) is 5. The number of methoxy groups -OCH3 is 1. The highest BCUT2D eigenvalue weighted by atomic mass is 19.4. The number of alkyl halides is 3. The van der Waals surface area contributed by atoms with Crippen molar-refractivity contribution < 1.29 is 37.3 Å². The van der Waals surface area contributed by atoms with Crippen molar-refractivity contribution >= 4 is 5.97 Å². The van der Waals surface area contributed by atoms with Gasteiger partial charge in [-0.1, -0.05) is 72.8 Å². The van der Waals surface area contributed by atoms with Crippen LogP contribution in [0.25, 0.3) is 11.1 Å². The van der Waals surface area contributed by atoms with Gasteiger partial charge in [-0.15, -0.1) is 0 Å². The van der Waals surface area contributed by atoms with Crippen LogP contribution in [0.5, 0.6) is 5.75 Å². The van der Waals surface area contributed by atoms with Gasteiger partial charge < -0.3 is 24.6 Å². The molecule has 1 saturated heterocycles. The van der Waals surface area contributed by atoms with Gasteiger partial charge in [0.1, 0.15) is 5.75 Å². The molecule has 3 aromatic carbocycles. The number of aliphatic carboxylic acids is 1. The Morgan fingerprint density at radius 2 is 1.67 bits per heavy atom. The van der Waals surface area contributed by atoms with Crippen LogP contribution in [0.1, 0.15) is 29.9 Å². The van der Waals surface area contributed by atoms with Gasteiger partial charge in [-0.2, -0.15) is 13.2 Å². The molecule has 1 fully saturated rings. The first-order chi connectivity index (χ1) is 18.8. The number of halogens is 3. The van der Waals surface area contributed by atoms with Gasteiger partial charge in [0.2, 0.25) is 0 Å². The van der Waals surface area contributed by atoms with Gasteiger partial charge in [0.05, 0.1) is 19.3 Å². The first kappa shape index (κ1) is 30.1. The van der Waals surface area contributed by atoms with Crippen LogP contribution in [0.3, 0.4) is 0 Å². The Bertz CT molecular complexity index is 1160. The minimum Gasteiger partial charge on any atom is -0.493 e. The zero-order chi connectivity index (χ0) is 28.1. The van der Waals surface area contributed by atoms with E-state index in [1.807, 2.05) is 18.2 Å². The van der Waals surface area contributed by atoms with Crippen molar-refractivity contribution in [3.8, 4) is 16.9 Å². The van der Waals surface area contributed by atoms with E-state index in [0.717, 1.165) is 37.2 Å². The standard InChI is InChI=1S/C28H33NO3.C2HF3O2/c1-30-17-8-18-31-27-14-6-5-11-25(27)21-32-28-20-29-16-15-26(28)24-13-7-12-23(19-24)22-9-3-2-4-10-22;3-2(4,5)1(6)7/h2-7,9-14,19,26,28-29H,8,15-18,20-21H2,1H3;(H,6,7)/t26-,28+;/m1./s1. The van der Waals surface area contributed by atoms with E-state index in [1.54, 1.807) is 7.11 Å². The Labute approximate surface area is 226 Å². The quantitative estimate of drug-likeness (QED) is 0.302. The molecule has 0 spiro atoms. The number of piperidine rings is 1. The van der Waals surface area contributed by atoms with E-state index in [-0.39, 0.29) is 6.10 Å². The second-order valence-electron chi connectivity index (χ2n) is 9.05. The van der Waals surface area contributed by atoms with Crippen LogP contribution in [0, 0.1) is 0 Å². The summed E-state index contributed by atoms with van der Waals surface area (Å²) in [6.07, 6.45) is -3.02. The van der Waals surface area contributed by atoms with Gasteiger partial charge in [-0.05, 0) is 35.7 Å². The number of rotatable bonds is 10. The smallest absolute Gasteiger partial charge is 0.490 e. The summed E-state index contributed by atoms with van der Waals surface area (Å²) in [4.78, 5) is 8.90. The monoisotopic (exact) mass is 545 g/mol. The number of carboxylic acid groups (broad SMARTS) is 1. The minimum atomic E-state index is -5.08. The molecular weight excluding hydrogens is 511 g/mol. The first-order valence-electron chi connectivity index (χ1n) is 12.8. The summed E-state index contributed by atoms with van der Waals surface area (Å²) in [5, 5.41) is 10.6. The summed E-state index contributed by atoms with van der Waals surface area (Å²) in [5.41, 5.74) is 4.95. The van der Waals surface area contributed by atoms with Crippen LogP contribution in [0.2, 0.25) is 0 Å². The highest BCUT2D eigenvalue weighted by molar-refractivity contribution is 5.73. The molecule has 2 N–H and O–H groups in total. The lowest BCUT2D eigenvalue weighted by atomic mass is 9.86. The van der Waals surface area contributed by atoms with Crippen LogP contribution in [0.4, 0.5) is 13.2 Å². The van der Waals surface area contributed by atoms with E-state index in [4.69, 9.17) is 24.1 Å². The molecule has 3 aromatic rings. The fourth-order valence-electron chi connectivity index (χ4n) is 4.31. The molecule has 210 valence electrons. The van der Waals surface area contributed by atoms with Crippen molar-refractivity contribution in [3.63, 3.8) is 0 Å². The number of benzene rings is 3. The molecule has 4 rings (SSSR count). The van der Waals surface area contributed by atoms with Crippen LogP contribution in [-0.4, -0.2) is 56.8 Å². The lowest BCUT2D eigenvalue weighted by Gasteiger charge is -2.33. The van der Waals surface area contributed by atoms with Crippen molar-refractivity contribution in [3.05, 3.63) is 90.0 Å². The number of carboxylic acids is 1. The van der Waals surface area contributed by atoms with Gasteiger partial charge in [-0.3, -0.25) is 0 Å². The lowest BCUT2D eigenvalue weighted by molar-refractivity contribution is -0.192. The molecule has 0 aliphatic carbocycles. The third-order valence-electron chi connectivity index (χ3n) is 6.27. The van der Waals surface area contributed by atoms with Crippen LogP contribution in [-0.2, 0) is 20.9 Å². The second kappa shape index (κ2) is 15.3. The summed E-state index contributed by atoms with van der Waals surface area (Å²) in [7, 11) is 1.71. The van der Waals surface area contributed by atoms with E-state index in [1.165, 1.54) is 16.7 Å². The number of para-hydroxylation sites is 1. The topological polar surface area (TPSA) is 77.0 Å². The van der Waals surface area contributed by atoms with E-state index in [0.29, 0.717) is 25.7 Å². The lowest BCUT2D eigenvalue weighted by Crippen LogP contribution is -2.41. The zero-order valence-corrected chi connectivity index (χ0v) is 21.8. The summed E-state index contributed by atoms with van der Waals surface area (Å²) >= 11 is 0. The molecule has 0 aromatic heterocycles. The van der Waals surface area contributed by atoms with Gasteiger partial charge in [0.15, 0.2) is 0 Å². The number of hydrogen-bond donors (Lipinski definition) is 2. The van der Waals surface area contributed by atoms with Crippen LogP contribution in [0.15, 0.2) is 78.9 Å². The molecule has 9 heteroatoms. The Hall–Kier alpha value is -3.40. The van der Waals surface area contributed by atoms with Gasteiger partial charge in [-0.25, -0.2) is 4.79 Å². The fourth-order valence-corrected chi connectivity index (χ4v) is 4.31. The van der Waals surface area contributed by atoms with Crippen molar-refractivity contribution in [2.24, 2.45) is 0 Å². The third-order valence-corrected chi connectivity index (χ3v) is 6.27. The van der Waals surface area contributed by atoms with E-state index in [2.05, 4.69) is 66.0 Å². The molecule has 0 amide bonds. The predicted molar refractivity (Wildman–Crippen MR) is 143 cm³/mol. The maximum Gasteiger partial charge on any atom is 0.490 e. The Morgan fingerprint density at radius 3 is 2.38 bits per heavy atom. The summed E-state index contributed by atoms with van der Waals surface area (Å²) in [6.45, 7) is 3.76. The highest BCUT2D eigenvalue weighted by Gasteiger charge is 2.38. The fraction of sp³-hybridized carbons (Fsp3) is 0.367. The van der Waals surface area contributed by atoms with Gasteiger partial charge >= 0.3 is 12.1 Å². The van der Waals surface area contributed by atoms with Gasteiger partial charge in [0.25, 0.3) is 0 Å². The van der Waals surface area contributed by atoms with E-state index < -0.39 is 12.1 Å².